The van der Waals surface area contributed by atoms with Crippen LogP contribution < -0.4 is 5.73 Å². The highest BCUT2D eigenvalue weighted by molar-refractivity contribution is 9.10. The van der Waals surface area contributed by atoms with Crippen molar-refractivity contribution in [1.82, 2.24) is 4.98 Å². The summed E-state index contributed by atoms with van der Waals surface area (Å²) in [6.45, 7) is 0. The molecule has 0 aliphatic heterocycles. The van der Waals surface area contributed by atoms with Gasteiger partial charge in [-0.3, -0.25) is 4.98 Å². The molecule has 0 saturated heterocycles. The van der Waals surface area contributed by atoms with Gasteiger partial charge in [0.25, 0.3) is 0 Å². The standard InChI is InChI=1S/C17H14BrFN2/c18-15-9-12(19)6-8-14(15)16(20)10-13-7-5-11-3-1-2-4-17(11)21-13/h1-9,16H,10,20H2. The molecule has 2 N–H and O–H groups in total. The number of para-hydroxylation sites is 1. The van der Waals surface area contributed by atoms with Gasteiger partial charge in [-0.05, 0) is 29.8 Å². The van der Waals surface area contributed by atoms with Crippen LogP contribution in [0.25, 0.3) is 10.9 Å². The molecule has 1 unspecified atom stereocenters. The lowest BCUT2D eigenvalue weighted by Gasteiger charge is -2.14. The Balaban J connectivity index is 1.87. The normalized spacial score (nSPS) is 12.5. The van der Waals surface area contributed by atoms with Gasteiger partial charge < -0.3 is 5.73 Å². The Hall–Kier alpha value is -1.78. The summed E-state index contributed by atoms with van der Waals surface area (Å²) in [6, 6.07) is 16.3. The van der Waals surface area contributed by atoms with Gasteiger partial charge in [-0.25, -0.2) is 4.39 Å². The Morgan fingerprint density at radius 2 is 1.90 bits per heavy atom. The van der Waals surface area contributed by atoms with E-state index in [4.69, 9.17) is 5.73 Å². The Morgan fingerprint density at radius 1 is 1.10 bits per heavy atom. The molecule has 2 nitrogen and oxygen atoms in total. The van der Waals surface area contributed by atoms with Crippen LogP contribution in [0.5, 0.6) is 0 Å². The molecular formula is C17H14BrFN2. The van der Waals surface area contributed by atoms with Gasteiger partial charge in [-0.15, -0.1) is 0 Å². The topological polar surface area (TPSA) is 38.9 Å². The molecule has 1 heterocycles. The number of fused-ring (bicyclic) bond motifs is 1. The van der Waals surface area contributed by atoms with Gasteiger partial charge in [-0.1, -0.05) is 46.3 Å². The second kappa shape index (κ2) is 5.92. The highest BCUT2D eigenvalue weighted by Crippen LogP contribution is 2.25. The molecule has 21 heavy (non-hydrogen) atoms. The number of nitrogens with zero attached hydrogens (tertiary/aromatic N) is 1. The number of aromatic nitrogens is 1. The number of nitrogens with two attached hydrogens (primary N) is 1. The lowest BCUT2D eigenvalue weighted by Crippen LogP contribution is -2.14. The highest BCUT2D eigenvalue weighted by atomic mass is 79.9. The number of hydrogen-bond donors (Lipinski definition) is 1. The van der Waals surface area contributed by atoms with Crippen molar-refractivity contribution in [2.45, 2.75) is 12.5 Å². The fourth-order valence-electron chi connectivity index (χ4n) is 2.36. The molecular weight excluding hydrogens is 331 g/mol. The van der Waals surface area contributed by atoms with E-state index in [0.717, 1.165) is 22.2 Å². The van der Waals surface area contributed by atoms with Gasteiger partial charge >= 0.3 is 0 Å². The molecule has 0 saturated carbocycles. The van der Waals surface area contributed by atoms with Crippen LogP contribution in [-0.2, 0) is 6.42 Å². The van der Waals surface area contributed by atoms with Crippen LogP contribution in [0.1, 0.15) is 17.3 Å². The Morgan fingerprint density at radius 3 is 2.71 bits per heavy atom. The van der Waals surface area contributed by atoms with Crippen molar-refractivity contribution in [2.24, 2.45) is 5.73 Å². The van der Waals surface area contributed by atoms with E-state index >= 15 is 0 Å². The molecule has 0 aliphatic carbocycles. The van der Waals surface area contributed by atoms with Crippen LogP contribution in [0.2, 0.25) is 0 Å². The van der Waals surface area contributed by atoms with E-state index in [1.165, 1.54) is 12.1 Å². The van der Waals surface area contributed by atoms with Gasteiger partial charge in [-0.2, -0.15) is 0 Å². The third-order valence-electron chi connectivity index (χ3n) is 3.45. The van der Waals surface area contributed by atoms with Crippen LogP contribution in [0.3, 0.4) is 0 Å². The Labute approximate surface area is 130 Å². The summed E-state index contributed by atoms with van der Waals surface area (Å²) in [6.07, 6.45) is 0.606. The average molecular weight is 345 g/mol. The Kier molecular flexibility index (Phi) is 3.99. The van der Waals surface area contributed by atoms with Crippen LogP contribution >= 0.6 is 15.9 Å². The van der Waals surface area contributed by atoms with Crippen molar-refractivity contribution in [3.63, 3.8) is 0 Å². The van der Waals surface area contributed by atoms with Gasteiger partial charge in [0.1, 0.15) is 5.82 Å². The first-order valence-corrected chi connectivity index (χ1v) is 7.48. The summed E-state index contributed by atoms with van der Waals surface area (Å²) in [5.41, 5.74) is 9.00. The molecule has 0 fully saturated rings. The van der Waals surface area contributed by atoms with Gasteiger partial charge in [0.2, 0.25) is 0 Å². The van der Waals surface area contributed by atoms with Gasteiger partial charge in [0.05, 0.1) is 5.52 Å². The molecule has 0 radical (unpaired) electrons. The lowest BCUT2D eigenvalue weighted by atomic mass is 10.0. The third kappa shape index (κ3) is 3.12. The van der Waals surface area contributed by atoms with Gasteiger partial charge in [0, 0.05) is 28.0 Å². The van der Waals surface area contributed by atoms with Crippen molar-refractivity contribution >= 4 is 26.8 Å². The van der Waals surface area contributed by atoms with E-state index in [2.05, 4.69) is 20.9 Å². The van der Waals surface area contributed by atoms with Crippen LogP contribution in [0.4, 0.5) is 4.39 Å². The number of hydrogen-bond acceptors (Lipinski definition) is 2. The highest BCUT2D eigenvalue weighted by Gasteiger charge is 2.12. The average Bonchev–Trinajstić information content (AvgIpc) is 2.47. The van der Waals surface area contributed by atoms with Crippen molar-refractivity contribution in [3.05, 3.63) is 76.1 Å². The number of pyridine rings is 1. The SMILES string of the molecule is NC(Cc1ccc2ccccc2n1)c1ccc(F)cc1Br. The fraction of sp³-hybridized carbons (Fsp3) is 0.118. The maximum absolute atomic E-state index is 13.1. The van der Waals surface area contributed by atoms with E-state index in [-0.39, 0.29) is 11.9 Å². The molecule has 0 amide bonds. The Bertz CT molecular complexity index is 789. The van der Waals surface area contributed by atoms with E-state index < -0.39 is 0 Å². The maximum atomic E-state index is 13.1. The first-order valence-electron chi connectivity index (χ1n) is 6.69. The molecule has 0 spiro atoms. The molecule has 1 aromatic heterocycles. The predicted octanol–water partition coefficient (Wildman–Crippen LogP) is 4.38. The molecule has 2 aromatic carbocycles. The van der Waals surface area contributed by atoms with E-state index in [9.17, 15) is 4.39 Å². The minimum absolute atomic E-state index is 0.228. The third-order valence-corrected chi connectivity index (χ3v) is 4.13. The second-order valence-electron chi connectivity index (χ2n) is 4.97. The zero-order valence-corrected chi connectivity index (χ0v) is 12.8. The molecule has 0 aliphatic rings. The molecule has 106 valence electrons. The van der Waals surface area contributed by atoms with Gasteiger partial charge in [0.15, 0.2) is 0 Å². The summed E-state index contributed by atoms with van der Waals surface area (Å²) < 4.78 is 13.8. The predicted molar refractivity (Wildman–Crippen MR) is 86.5 cm³/mol. The fourth-order valence-corrected chi connectivity index (χ4v) is 3.00. The van der Waals surface area contributed by atoms with Crippen LogP contribution in [0, 0.1) is 5.82 Å². The maximum Gasteiger partial charge on any atom is 0.124 e. The zero-order chi connectivity index (χ0) is 14.8. The molecule has 3 aromatic rings. The molecule has 0 bridgehead atoms. The zero-order valence-electron chi connectivity index (χ0n) is 11.3. The van der Waals surface area contributed by atoms with Crippen LogP contribution in [-0.4, -0.2) is 4.98 Å². The van der Waals surface area contributed by atoms with Crippen LogP contribution in [0.15, 0.2) is 59.1 Å². The first kappa shape index (κ1) is 14.2. The van der Waals surface area contributed by atoms with E-state index in [1.54, 1.807) is 6.07 Å². The number of benzene rings is 2. The molecule has 3 rings (SSSR count). The number of halogens is 2. The summed E-state index contributed by atoms with van der Waals surface area (Å²) in [5.74, 6) is -0.276. The van der Waals surface area contributed by atoms with E-state index in [1.807, 2.05) is 36.4 Å². The summed E-state index contributed by atoms with van der Waals surface area (Å²) in [4.78, 5) is 4.62. The molecule has 4 heteroatoms. The monoisotopic (exact) mass is 344 g/mol. The van der Waals surface area contributed by atoms with E-state index in [0.29, 0.717) is 10.9 Å². The minimum Gasteiger partial charge on any atom is -0.324 e. The van der Waals surface area contributed by atoms with Crippen molar-refractivity contribution < 1.29 is 4.39 Å². The largest absolute Gasteiger partial charge is 0.324 e. The first-order chi connectivity index (χ1) is 10.1. The minimum atomic E-state index is -0.276. The van der Waals surface area contributed by atoms with Crippen molar-refractivity contribution in [1.29, 1.82) is 0 Å². The summed E-state index contributed by atoms with van der Waals surface area (Å²) in [5, 5.41) is 1.11. The quantitative estimate of drug-likeness (QED) is 0.765. The summed E-state index contributed by atoms with van der Waals surface area (Å²) >= 11 is 3.36. The second-order valence-corrected chi connectivity index (χ2v) is 5.83. The molecule has 1 atom stereocenters. The lowest BCUT2D eigenvalue weighted by molar-refractivity contribution is 0.622. The smallest absolute Gasteiger partial charge is 0.124 e. The summed E-state index contributed by atoms with van der Waals surface area (Å²) in [7, 11) is 0. The van der Waals surface area contributed by atoms with Crippen molar-refractivity contribution in [3.8, 4) is 0 Å². The van der Waals surface area contributed by atoms with Crippen molar-refractivity contribution in [2.75, 3.05) is 0 Å². The number of rotatable bonds is 3.